The van der Waals surface area contributed by atoms with Crippen LogP contribution in [0.3, 0.4) is 0 Å². The molecule has 10 nitrogen and oxygen atoms in total. The van der Waals surface area contributed by atoms with Gasteiger partial charge < -0.3 is 18.5 Å². The Morgan fingerprint density at radius 2 is 2.04 bits per heavy atom. The van der Waals surface area contributed by atoms with Crippen molar-refractivity contribution in [3.05, 3.63) is 33.1 Å². The Bertz CT molecular complexity index is 706. The minimum atomic E-state index is -1.37. The maximum absolute atomic E-state index is 11.8. The second-order valence-electron chi connectivity index (χ2n) is 6.25. The number of carbonyl (C=O) groups excluding carboxylic acids is 1. The van der Waals surface area contributed by atoms with Crippen LogP contribution in [0.4, 0.5) is 0 Å². The number of nitrogens with one attached hydrogen (secondary N) is 2. The minimum absolute atomic E-state index is 0.167. The number of esters is 1. The van der Waals surface area contributed by atoms with Crippen molar-refractivity contribution in [3.8, 4) is 0 Å². The molecule has 0 aromatic carbocycles. The summed E-state index contributed by atoms with van der Waals surface area (Å²) >= 11 is 0. The minimum Gasteiger partial charge on any atom is -0.464 e. The number of ether oxygens (including phenoxy) is 2. The van der Waals surface area contributed by atoms with Crippen LogP contribution in [0.2, 0.25) is 0 Å². The van der Waals surface area contributed by atoms with E-state index in [-0.39, 0.29) is 31.2 Å². The van der Waals surface area contributed by atoms with Gasteiger partial charge in [0.1, 0.15) is 12.8 Å². The van der Waals surface area contributed by atoms with Crippen LogP contribution in [-0.4, -0.2) is 48.5 Å². The van der Waals surface area contributed by atoms with Crippen molar-refractivity contribution in [1.82, 2.24) is 14.6 Å². The van der Waals surface area contributed by atoms with Gasteiger partial charge in [-0.15, -0.1) is 0 Å². The van der Waals surface area contributed by atoms with Crippen molar-refractivity contribution in [3.63, 3.8) is 0 Å². The maximum Gasteiger partial charge on any atom is 0.330 e. The summed E-state index contributed by atoms with van der Waals surface area (Å²) < 4.78 is 23.2. The van der Waals surface area contributed by atoms with E-state index in [9.17, 15) is 14.4 Å². The number of H-pyrrole nitrogens is 1. The van der Waals surface area contributed by atoms with Gasteiger partial charge in [0.15, 0.2) is 0 Å². The van der Waals surface area contributed by atoms with Crippen molar-refractivity contribution < 1.29 is 23.3 Å². The molecule has 1 heterocycles. The van der Waals surface area contributed by atoms with Gasteiger partial charge in [-0.25, -0.2) is 9.88 Å². The lowest BCUT2D eigenvalue weighted by molar-refractivity contribution is -0.147. The number of hydrogen-bond acceptors (Lipinski definition) is 8. The average Bonchev–Trinajstić information content (AvgIpc) is 2.65. The van der Waals surface area contributed by atoms with E-state index in [0.29, 0.717) is 13.0 Å². The Kier molecular flexibility index (Phi) is 11.2. The number of nitrogens with zero attached hydrogens (tertiary/aromatic N) is 1. The number of rotatable bonds is 13. The molecule has 160 valence electrons. The third-order valence-electron chi connectivity index (χ3n) is 3.69. The SMILES string of the molecule is CCC(COP(NCCOC(=O)C(C)C)OC)OC(C)n1ccc(=O)[nH]c1=O. The summed E-state index contributed by atoms with van der Waals surface area (Å²) in [4.78, 5) is 36.6. The molecule has 0 bridgehead atoms. The Balaban J connectivity index is 2.44. The van der Waals surface area contributed by atoms with Gasteiger partial charge in [0.2, 0.25) is 0 Å². The van der Waals surface area contributed by atoms with Crippen molar-refractivity contribution in [2.75, 3.05) is 26.9 Å². The van der Waals surface area contributed by atoms with E-state index >= 15 is 0 Å². The third-order valence-corrected chi connectivity index (χ3v) is 4.89. The third kappa shape index (κ3) is 8.62. The van der Waals surface area contributed by atoms with Crippen LogP contribution in [0.15, 0.2) is 21.9 Å². The Morgan fingerprint density at radius 1 is 1.32 bits per heavy atom. The summed E-state index contributed by atoms with van der Waals surface area (Å²) in [5.41, 5.74) is -0.993. The standard InChI is InChI=1S/C17H30N3O7P/c1-6-14(27-13(4)20-9-7-15(21)19-17(20)23)11-26-28(24-5)18-8-10-25-16(22)12(2)3/h7,9,12-14,18H,6,8,10-11H2,1-5H3,(H,19,21,23). The molecular formula is C17H30N3O7P. The summed E-state index contributed by atoms with van der Waals surface area (Å²) in [6, 6.07) is 1.26. The average molecular weight is 419 g/mol. The lowest BCUT2D eigenvalue weighted by atomic mass is 10.2. The first-order valence-corrected chi connectivity index (χ1v) is 10.3. The summed E-state index contributed by atoms with van der Waals surface area (Å²) in [5.74, 6) is -0.421. The van der Waals surface area contributed by atoms with Gasteiger partial charge in [0, 0.05) is 25.9 Å². The smallest absolute Gasteiger partial charge is 0.330 e. The molecule has 1 aromatic rings. The van der Waals surface area contributed by atoms with Crippen molar-refractivity contribution in [2.24, 2.45) is 5.92 Å². The molecule has 0 amide bonds. The molecule has 0 radical (unpaired) electrons. The molecule has 0 aliphatic carbocycles. The molecular weight excluding hydrogens is 389 g/mol. The van der Waals surface area contributed by atoms with Crippen LogP contribution in [-0.2, 0) is 23.3 Å². The Morgan fingerprint density at radius 3 is 2.61 bits per heavy atom. The van der Waals surface area contributed by atoms with Gasteiger partial charge in [-0.05, 0) is 13.3 Å². The Hall–Kier alpha value is -1.58. The molecule has 0 aliphatic rings. The number of hydrogen-bond donors (Lipinski definition) is 2. The van der Waals surface area contributed by atoms with Gasteiger partial charge in [-0.3, -0.25) is 19.1 Å². The maximum atomic E-state index is 11.8. The fraction of sp³-hybridized carbons (Fsp3) is 0.706. The first-order valence-electron chi connectivity index (χ1n) is 9.12. The van der Waals surface area contributed by atoms with E-state index in [1.54, 1.807) is 20.8 Å². The molecule has 3 unspecified atom stereocenters. The monoisotopic (exact) mass is 419 g/mol. The van der Waals surface area contributed by atoms with Crippen LogP contribution in [0.5, 0.6) is 0 Å². The van der Waals surface area contributed by atoms with E-state index < -0.39 is 26.0 Å². The van der Waals surface area contributed by atoms with E-state index in [2.05, 4.69) is 10.1 Å². The first kappa shape index (κ1) is 24.5. The van der Waals surface area contributed by atoms with Crippen LogP contribution in [0.1, 0.15) is 40.3 Å². The molecule has 2 N–H and O–H groups in total. The zero-order chi connectivity index (χ0) is 21.1. The van der Waals surface area contributed by atoms with Gasteiger partial charge >= 0.3 is 11.7 Å². The fourth-order valence-electron chi connectivity index (χ4n) is 2.08. The molecule has 3 atom stereocenters. The zero-order valence-electron chi connectivity index (χ0n) is 17.0. The number of aromatic amines is 1. The van der Waals surface area contributed by atoms with Crippen molar-refractivity contribution >= 4 is 14.5 Å². The van der Waals surface area contributed by atoms with Crippen molar-refractivity contribution in [1.29, 1.82) is 0 Å². The predicted molar refractivity (Wildman–Crippen MR) is 105 cm³/mol. The van der Waals surface area contributed by atoms with E-state index in [1.807, 2.05) is 6.92 Å². The number of aromatic nitrogens is 2. The normalized spacial score (nSPS) is 14.6. The molecule has 0 saturated heterocycles. The largest absolute Gasteiger partial charge is 0.464 e. The number of carbonyl (C=O) groups is 1. The summed E-state index contributed by atoms with van der Waals surface area (Å²) in [6.07, 6.45) is 1.19. The molecule has 28 heavy (non-hydrogen) atoms. The highest BCUT2D eigenvalue weighted by Crippen LogP contribution is 2.32. The molecule has 11 heteroatoms. The van der Waals surface area contributed by atoms with Crippen LogP contribution in [0.25, 0.3) is 0 Å². The zero-order valence-corrected chi connectivity index (χ0v) is 17.9. The van der Waals surface area contributed by atoms with E-state index in [4.69, 9.17) is 18.5 Å². The molecule has 0 fully saturated rings. The molecule has 0 aliphatic heterocycles. The topological polar surface area (TPSA) is 121 Å². The fourth-order valence-corrected chi connectivity index (χ4v) is 2.98. The van der Waals surface area contributed by atoms with E-state index in [1.165, 1.54) is 23.9 Å². The highest BCUT2D eigenvalue weighted by Gasteiger charge is 2.18. The van der Waals surface area contributed by atoms with Gasteiger partial charge in [0.25, 0.3) is 14.1 Å². The molecule has 1 rings (SSSR count). The van der Waals surface area contributed by atoms with Gasteiger partial charge in [0.05, 0.1) is 18.6 Å². The highest BCUT2D eigenvalue weighted by atomic mass is 31.2. The van der Waals surface area contributed by atoms with Gasteiger partial charge in [-0.1, -0.05) is 20.8 Å². The van der Waals surface area contributed by atoms with E-state index in [0.717, 1.165) is 0 Å². The highest BCUT2D eigenvalue weighted by molar-refractivity contribution is 7.44. The Labute approximate surface area is 165 Å². The summed E-state index contributed by atoms with van der Waals surface area (Å²) in [6.45, 7) is 8.06. The molecule has 0 saturated carbocycles. The quantitative estimate of drug-likeness (QED) is 0.281. The second kappa shape index (κ2) is 12.8. The lowest BCUT2D eigenvalue weighted by Crippen LogP contribution is -2.33. The lowest BCUT2D eigenvalue weighted by Gasteiger charge is -2.24. The predicted octanol–water partition coefficient (Wildman–Crippen LogP) is 1.53. The molecule has 1 aromatic heterocycles. The first-order chi connectivity index (χ1) is 13.3. The summed E-state index contributed by atoms with van der Waals surface area (Å²) in [7, 11) is 0.147. The molecule has 0 spiro atoms. The summed E-state index contributed by atoms with van der Waals surface area (Å²) in [5, 5.41) is 3.04. The van der Waals surface area contributed by atoms with Crippen LogP contribution >= 0.6 is 8.53 Å². The van der Waals surface area contributed by atoms with Crippen LogP contribution in [0, 0.1) is 5.92 Å². The van der Waals surface area contributed by atoms with Gasteiger partial charge in [-0.2, -0.15) is 0 Å². The van der Waals surface area contributed by atoms with Crippen molar-refractivity contribution in [2.45, 2.75) is 46.4 Å². The second-order valence-corrected chi connectivity index (χ2v) is 7.70. The van der Waals surface area contributed by atoms with Crippen LogP contribution < -0.4 is 16.3 Å².